The third-order valence-corrected chi connectivity index (χ3v) is 11.9. The Kier molecular flexibility index (Phi) is 9.29. The third-order valence-electron chi connectivity index (χ3n) is 11.9. The van der Waals surface area contributed by atoms with Gasteiger partial charge in [0.1, 0.15) is 0 Å². The van der Waals surface area contributed by atoms with Crippen LogP contribution in [0.3, 0.4) is 0 Å². The van der Waals surface area contributed by atoms with Crippen LogP contribution in [0.1, 0.15) is 22.3 Å². The molecule has 0 amide bonds. The molecule has 2 heterocycles. The highest BCUT2D eigenvalue weighted by atomic mass is 19.4. The molecule has 7 nitrogen and oxygen atoms in total. The fraction of sp³-hybridized carbons (Fsp3) is 0.0364. The normalized spacial score (nSPS) is 11.3. The number of alkyl halides is 3. The fourth-order valence-corrected chi connectivity index (χ4v) is 9.12. The van der Waals surface area contributed by atoms with Crippen LogP contribution in [0, 0.1) is 49.3 Å². The molecule has 0 unspecified atom stereocenters. The molecule has 0 spiro atoms. The fourth-order valence-electron chi connectivity index (χ4n) is 9.12. The summed E-state index contributed by atoms with van der Waals surface area (Å²) in [6.07, 6.45) is -4.72. The van der Waals surface area contributed by atoms with Crippen LogP contribution in [0.2, 0.25) is 0 Å². The lowest BCUT2D eigenvalue weighted by Gasteiger charge is -2.22. The number of fused-ring (bicyclic) bond motifs is 6. The number of para-hydroxylation sites is 2. The number of aromatic nitrogens is 2. The molecule has 304 valence electrons. The molecule has 10 heteroatoms. The zero-order valence-corrected chi connectivity index (χ0v) is 34.2. The van der Waals surface area contributed by atoms with Crippen molar-refractivity contribution in [3.8, 4) is 56.9 Å². The number of benzene rings is 8. The zero-order chi connectivity index (χ0) is 45.1. The number of hydrogen-bond acceptors (Lipinski definition) is 2. The average Bonchev–Trinajstić information content (AvgIpc) is 3.84. The Morgan fingerprint density at radius 1 is 0.492 bits per heavy atom. The van der Waals surface area contributed by atoms with Crippen molar-refractivity contribution in [2.45, 2.75) is 13.1 Å². The van der Waals surface area contributed by atoms with E-state index in [0.717, 1.165) is 60.8 Å². The van der Waals surface area contributed by atoms with Gasteiger partial charge in [0.15, 0.2) is 17.1 Å². The Balaban J connectivity index is 1.32. The second-order valence-electron chi connectivity index (χ2n) is 15.6. The Morgan fingerprint density at radius 2 is 0.985 bits per heavy atom. The quantitative estimate of drug-likeness (QED) is 0.162. The van der Waals surface area contributed by atoms with E-state index in [1.165, 1.54) is 6.07 Å². The first-order chi connectivity index (χ1) is 31.5. The number of hydrogen-bond donors (Lipinski definition) is 0. The van der Waals surface area contributed by atoms with Crippen LogP contribution in [-0.4, -0.2) is 9.13 Å². The van der Waals surface area contributed by atoms with Gasteiger partial charge in [-0.2, -0.15) is 23.7 Å². The van der Waals surface area contributed by atoms with Gasteiger partial charge in [-0.05, 0) is 137 Å². The second kappa shape index (κ2) is 15.2. The van der Waals surface area contributed by atoms with E-state index in [9.17, 15) is 23.7 Å². The maximum absolute atomic E-state index is 15.0. The van der Waals surface area contributed by atoms with E-state index in [2.05, 4.69) is 26.7 Å². The second-order valence-corrected chi connectivity index (χ2v) is 15.6. The van der Waals surface area contributed by atoms with Gasteiger partial charge in [0.2, 0.25) is 0 Å². The van der Waals surface area contributed by atoms with Crippen molar-refractivity contribution in [1.82, 2.24) is 9.13 Å². The molecule has 2 aromatic heterocycles. The van der Waals surface area contributed by atoms with Gasteiger partial charge < -0.3 is 9.13 Å². The first kappa shape index (κ1) is 39.7. The summed E-state index contributed by atoms with van der Waals surface area (Å²) in [5, 5.41) is 22.9. The number of nitrogens with zero attached hydrogens (tertiary/aromatic N) is 7. The van der Waals surface area contributed by atoms with E-state index in [4.69, 9.17) is 19.7 Å². The van der Waals surface area contributed by atoms with Gasteiger partial charge >= 0.3 is 6.18 Å². The van der Waals surface area contributed by atoms with Crippen LogP contribution in [-0.2, 0) is 6.18 Å². The smallest absolute Gasteiger partial charge is 0.308 e. The largest absolute Gasteiger partial charge is 0.416 e. The molecule has 0 atom stereocenters. The highest BCUT2D eigenvalue weighted by Gasteiger charge is 2.35. The third kappa shape index (κ3) is 6.49. The predicted molar refractivity (Wildman–Crippen MR) is 249 cm³/mol. The Morgan fingerprint density at radius 3 is 1.46 bits per heavy atom. The van der Waals surface area contributed by atoms with Crippen molar-refractivity contribution in [3.05, 3.63) is 208 Å². The van der Waals surface area contributed by atoms with E-state index in [1.807, 2.05) is 94.1 Å². The van der Waals surface area contributed by atoms with Crippen molar-refractivity contribution in [2.75, 3.05) is 0 Å². The van der Waals surface area contributed by atoms with Gasteiger partial charge in [-0.3, -0.25) is 0 Å². The van der Waals surface area contributed by atoms with E-state index in [-0.39, 0.29) is 16.8 Å². The molecule has 0 aliphatic carbocycles. The molecule has 0 fully saturated rings. The van der Waals surface area contributed by atoms with E-state index >= 15 is 0 Å². The van der Waals surface area contributed by atoms with Gasteiger partial charge in [-0.25, -0.2) is 14.5 Å². The lowest BCUT2D eigenvalue weighted by Crippen LogP contribution is -2.09. The van der Waals surface area contributed by atoms with E-state index in [1.54, 1.807) is 61.5 Å². The minimum absolute atomic E-state index is 0.0298. The molecular formula is C55H28F3N7. The summed E-state index contributed by atoms with van der Waals surface area (Å²) in [6.45, 7) is 25.4. The molecule has 65 heavy (non-hydrogen) atoms. The first-order valence-corrected chi connectivity index (χ1v) is 20.2. The zero-order valence-electron chi connectivity index (χ0n) is 34.2. The summed E-state index contributed by atoms with van der Waals surface area (Å²) in [6, 6.07) is 49.0. The van der Waals surface area contributed by atoms with Gasteiger partial charge in [-0.15, -0.1) is 0 Å². The molecule has 10 aromatic rings. The maximum Gasteiger partial charge on any atom is 0.416 e. The van der Waals surface area contributed by atoms with E-state index in [0.29, 0.717) is 50.6 Å². The molecule has 0 aliphatic rings. The van der Waals surface area contributed by atoms with Crippen LogP contribution < -0.4 is 0 Å². The number of rotatable bonds is 5. The van der Waals surface area contributed by atoms with Gasteiger partial charge in [0.25, 0.3) is 0 Å². The molecule has 0 aliphatic heterocycles. The van der Waals surface area contributed by atoms with Crippen molar-refractivity contribution in [1.29, 1.82) is 10.5 Å². The topological polar surface area (TPSA) is 70.5 Å². The van der Waals surface area contributed by atoms with E-state index < -0.39 is 11.7 Å². The minimum atomic E-state index is -4.72. The highest BCUT2D eigenvalue weighted by Crippen LogP contribution is 2.48. The Labute approximate surface area is 370 Å². The summed E-state index contributed by atoms with van der Waals surface area (Å²) in [4.78, 5) is 11.1. The molecule has 0 radical (unpaired) electrons. The molecule has 8 aromatic carbocycles. The van der Waals surface area contributed by atoms with Gasteiger partial charge in [0, 0.05) is 32.7 Å². The summed E-state index contributed by atoms with van der Waals surface area (Å²) in [7, 11) is 0. The van der Waals surface area contributed by atoms with Crippen LogP contribution in [0.15, 0.2) is 152 Å². The number of halogens is 3. The number of nitriles is 2. The minimum Gasteiger partial charge on any atom is -0.308 e. The van der Waals surface area contributed by atoms with Gasteiger partial charge in [-0.1, -0.05) is 60.7 Å². The van der Waals surface area contributed by atoms with Crippen molar-refractivity contribution >= 4 is 60.7 Å². The lowest BCUT2D eigenvalue weighted by atomic mass is 9.92. The first-order valence-electron chi connectivity index (χ1n) is 20.2. The van der Waals surface area contributed by atoms with Crippen molar-refractivity contribution in [3.63, 3.8) is 0 Å². The summed E-state index contributed by atoms with van der Waals surface area (Å²) in [5.74, 6) is 0. The average molecular weight is 844 g/mol. The molecule has 0 bridgehead atoms. The summed E-state index contributed by atoms with van der Waals surface area (Å²) in [5.41, 5.74) is 7.96. The Bertz CT molecular complexity index is 3840. The standard InChI is InChI=1S/C55H28F3N7/c1-32-10-9-13-46(55(56,57)58)54(32)45-28-52(64-48-14-7-5-11-41(48)43-26-35(16-18-50(43)64)37-20-33(30-59)22-39(24-37)61-2)53(29-47(45)63-4)65-49-15-8-6-12-42(49)44-27-36(17-19-51(44)65)38-21-34(31-60)23-40(25-38)62-3/h5-29H,1H3. The molecular weight excluding hydrogens is 816 g/mol. The lowest BCUT2D eigenvalue weighted by molar-refractivity contribution is -0.137. The van der Waals surface area contributed by atoms with Crippen LogP contribution in [0.5, 0.6) is 0 Å². The molecule has 0 N–H and O–H groups in total. The maximum atomic E-state index is 15.0. The highest BCUT2D eigenvalue weighted by molar-refractivity contribution is 6.13. The number of aryl methyl sites for hydroxylation is 1. The SMILES string of the molecule is [C-]#[N+]c1cc(C#N)cc(-c2ccc3c(c2)c2ccccc2n3-c2cc([N+]#[C-])c(-c3c(C)cccc3C(F)(F)F)cc2-n2c3ccccc3c3cc(-c4cc(C#N)cc([N+]#[C-])c4)ccc32)c1. The summed E-state index contributed by atoms with van der Waals surface area (Å²) < 4.78 is 48.9. The van der Waals surface area contributed by atoms with Crippen LogP contribution in [0.25, 0.3) is 103 Å². The predicted octanol–water partition coefficient (Wildman–Crippen LogP) is 15.6. The van der Waals surface area contributed by atoms with Crippen LogP contribution >= 0.6 is 0 Å². The van der Waals surface area contributed by atoms with Gasteiger partial charge in [0.05, 0.1) is 70.9 Å². The molecule has 10 rings (SSSR count). The van der Waals surface area contributed by atoms with Crippen molar-refractivity contribution < 1.29 is 13.2 Å². The Hall–Kier alpha value is -9.40. The molecule has 0 saturated heterocycles. The van der Waals surface area contributed by atoms with Crippen molar-refractivity contribution in [2.24, 2.45) is 0 Å². The van der Waals surface area contributed by atoms with Crippen LogP contribution in [0.4, 0.5) is 30.2 Å². The molecule has 0 saturated carbocycles. The summed E-state index contributed by atoms with van der Waals surface area (Å²) >= 11 is 0. The monoisotopic (exact) mass is 843 g/mol.